The Bertz CT molecular complexity index is 1240. The molecule has 0 bridgehead atoms. The Hall–Kier alpha value is -2.11. The fourth-order valence-corrected chi connectivity index (χ4v) is 10.7. The van der Waals surface area contributed by atoms with Gasteiger partial charge >= 0.3 is 17.9 Å². The lowest BCUT2D eigenvalue weighted by Crippen LogP contribution is -2.30. The largest absolute Gasteiger partial charge is 0.462 e. The first-order valence-electron chi connectivity index (χ1n) is 34.8. The highest BCUT2D eigenvalue weighted by Crippen LogP contribution is 2.19. The number of carbonyl (C=O) groups is 3. The van der Waals surface area contributed by atoms with Crippen molar-refractivity contribution in [2.75, 3.05) is 13.2 Å². The maximum Gasteiger partial charge on any atom is 0.306 e. The van der Waals surface area contributed by atoms with Crippen LogP contribution in [-0.2, 0) is 28.6 Å². The second-order valence-corrected chi connectivity index (χ2v) is 23.8. The highest BCUT2D eigenvalue weighted by atomic mass is 16.6. The van der Waals surface area contributed by atoms with Gasteiger partial charge in [0.25, 0.3) is 0 Å². The predicted molar refractivity (Wildman–Crippen MR) is 335 cm³/mol. The number of hydrogen-bond donors (Lipinski definition) is 0. The monoisotopic (exact) mass is 1080 g/mol. The highest BCUT2D eigenvalue weighted by molar-refractivity contribution is 5.71. The first kappa shape index (κ1) is 74.9. The Kier molecular flexibility index (Phi) is 64.6. The van der Waals surface area contributed by atoms with Crippen LogP contribution in [0.2, 0.25) is 0 Å². The van der Waals surface area contributed by atoms with Crippen LogP contribution in [0.5, 0.6) is 0 Å². The molecule has 6 heteroatoms. The standard InChI is InChI=1S/C71H134O6/c1-4-7-10-13-16-19-22-24-26-28-30-31-32-33-34-35-36-37-38-39-40-42-43-45-47-49-52-55-58-61-64-70(73)76-67-68(66-75-69(72)63-60-57-54-51-21-18-15-12-9-6-3)77-71(74)65-62-59-56-53-50-48-46-44-41-29-27-25-23-20-17-14-11-8-5-2/h12,15,25,27,68H,4-11,13-14,16-24,26,28-67H2,1-3H3/b15-12-,27-25-. The van der Waals surface area contributed by atoms with E-state index in [1.165, 1.54) is 283 Å². The molecule has 0 aliphatic rings. The van der Waals surface area contributed by atoms with E-state index in [1.807, 2.05) is 0 Å². The van der Waals surface area contributed by atoms with Crippen molar-refractivity contribution >= 4 is 17.9 Å². The zero-order valence-electron chi connectivity index (χ0n) is 52.3. The minimum Gasteiger partial charge on any atom is -0.462 e. The van der Waals surface area contributed by atoms with E-state index in [-0.39, 0.29) is 31.1 Å². The van der Waals surface area contributed by atoms with Crippen molar-refractivity contribution in [3.8, 4) is 0 Å². The van der Waals surface area contributed by atoms with E-state index in [9.17, 15) is 14.4 Å². The van der Waals surface area contributed by atoms with E-state index >= 15 is 0 Å². The molecule has 0 rings (SSSR count). The van der Waals surface area contributed by atoms with Gasteiger partial charge in [0.2, 0.25) is 0 Å². The van der Waals surface area contributed by atoms with Crippen molar-refractivity contribution in [3.63, 3.8) is 0 Å². The summed E-state index contributed by atoms with van der Waals surface area (Å²) in [4.78, 5) is 38.3. The summed E-state index contributed by atoms with van der Waals surface area (Å²) >= 11 is 0. The molecule has 77 heavy (non-hydrogen) atoms. The molecule has 0 aliphatic carbocycles. The van der Waals surface area contributed by atoms with Gasteiger partial charge in [-0.25, -0.2) is 0 Å². The van der Waals surface area contributed by atoms with Gasteiger partial charge in [-0.1, -0.05) is 334 Å². The van der Waals surface area contributed by atoms with Crippen LogP contribution >= 0.6 is 0 Å². The van der Waals surface area contributed by atoms with Crippen LogP contribution in [0.3, 0.4) is 0 Å². The number of unbranched alkanes of at least 4 members (excludes halogenated alkanes) is 50. The van der Waals surface area contributed by atoms with Gasteiger partial charge in [-0.05, 0) is 64.2 Å². The van der Waals surface area contributed by atoms with Crippen LogP contribution in [0, 0.1) is 0 Å². The number of esters is 3. The van der Waals surface area contributed by atoms with Crippen molar-refractivity contribution < 1.29 is 28.6 Å². The van der Waals surface area contributed by atoms with Gasteiger partial charge < -0.3 is 14.2 Å². The van der Waals surface area contributed by atoms with Gasteiger partial charge in [0.15, 0.2) is 6.10 Å². The minimum absolute atomic E-state index is 0.0698. The Labute approximate surface area is 481 Å². The Morgan fingerprint density at radius 3 is 0.701 bits per heavy atom. The molecule has 0 aromatic rings. The number of ether oxygens (including phenoxy) is 3. The lowest BCUT2D eigenvalue weighted by atomic mass is 10.0. The topological polar surface area (TPSA) is 78.9 Å². The highest BCUT2D eigenvalue weighted by Gasteiger charge is 2.19. The van der Waals surface area contributed by atoms with Crippen LogP contribution in [0.25, 0.3) is 0 Å². The zero-order valence-corrected chi connectivity index (χ0v) is 52.3. The lowest BCUT2D eigenvalue weighted by Gasteiger charge is -2.18. The van der Waals surface area contributed by atoms with E-state index in [2.05, 4.69) is 45.1 Å². The third-order valence-electron chi connectivity index (χ3n) is 15.9. The molecule has 0 amide bonds. The Morgan fingerprint density at radius 1 is 0.247 bits per heavy atom. The van der Waals surface area contributed by atoms with Gasteiger partial charge in [0.1, 0.15) is 13.2 Å². The summed E-state index contributed by atoms with van der Waals surface area (Å²) in [7, 11) is 0. The van der Waals surface area contributed by atoms with Crippen LogP contribution in [-0.4, -0.2) is 37.2 Å². The van der Waals surface area contributed by atoms with Crippen molar-refractivity contribution in [2.45, 2.75) is 399 Å². The summed E-state index contributed by atoms with van der Waals surface area (Å²) in [6, 6.07) is 0. The van der Waals surface area contributed by atoms with Crippen molar-refractivity contribution in [2.24, 2.45) is 0 Å². The number of carbonyl (C=O) groups excluding carboxylic acids is 3. The first-order chi connectivity index (χ1) is 38.0. The van der Waals surface area contributed by atoms with Crippen LogP contribution in [0.15, 0.2) is 24.3 Å². The molecule has 0 saturated carbocycles. The van der Waals surface area contributed by atoms with Crippen molar-refractivity contribution in [1.82, 2.24) is 0 Å². The molecule has 0 fully saturated rings. The van der Waals surface area contributed by atoms with E-state index in [4.69, 9.17) is 14.2 Å². The molecule has 1 unspecified atom stereocenters. The van der Waals surface area contributed by atoms with Crippen molar-refractivity contribution in [3.05, 3.63) is 24.3 Å². The summed E-state index contributed by atoms with van der Waals surface area (Å²) in [6.07, 6.45) is 80.9. The molecule has 6 nitrogen and oxygen atoms in total. The summed E-state index contributed by atoms with van der Waals surface area (Å²) in [5.41, 5.74) is 0. The zero-order chi connectivity index (χ0) is 55.7. The molecule has 0 heterocycles. The Morgan fingerprint density at radius 2 is 0.455 bits per heavy atom. The average molecular weight is 1080 g/mol. The molecular formula is C71H134O6. The molecular weight excluding hydrogens is 949 g/mol. The fraction of sp³-hybridized carbons (Fsp3) is 0.901. The average Bonchev–Trinajstić information content (AvgIpc) is 3.43. The van der Waals surface area contributed by atoms with Crippen LogP contribution in [0.4, 0.5) is 0 Å². The molecule has 454 valence electrons. The molecule has 0 N–H and O–H groups in total. The van der Waals surface area contributed by atoms with Crippen molar-refractivity contribution in [1.29, 1.82) is 0 Å². The van der Waals surface area contributed by atoms with E-state index < -0.39 is 6.10 Å². The second-order valence-electron chi connectivity index (χ2n) is 23.8. The van der Waals surface area contributed by atoms with Gasteiger partial charge in [0, 0.05) is 19.3 Å². The van der Waals surface area contributed by atoms with Crippen LogP contribution in [0.1, 0.15) is 393 Å². The fourth-order valence-electron chi connectivity index (χ4n) is 10.7. The molecule has 0 radical (unpaired) electrons. The summed E-state index contributed by atoms with van der Waals surface area (Å²) in [6.45, 7) is 6.64. The number of allylic oxidation sites excluding steroid dienone is 4. The molecule has 0 saturated heterocycles. The molecule has 0 aromatic heterocycles. The van der Waals surface area contributed by atoms with Gasteiger partial charge in [-0.15, -0.1) is 0 Å². The van der Waals surface area contributed by atoms with Gasteiger partial charge in [-0.2, -0.15) is 0 Å². The minimum atomic E-state index is -0.773. The normalized spacial score (nSPS) is 12.1. The third kappa shape index (κ3) is 64.6. The number of hydrogen-bond acceptors (Lipinski definition) is 6. The number of rotatable bonds is 65. The Balaban J connectivity index is 4.08. The predicted octanol–water partition coefficient (Wildman–Crippen LogP) is 23.8. The quantitative estimate of drug-likeness (QED) is 0.0261. The van der Waals surface area contributed by atoms with E-state index in [0.717, 1.165) is 70.6 Å². The van der Waals surface area contributed by atoms with Gasteiger partial charge in [0.05, 0.1) is 0 Å². The smallest absolute Gasteiger partial charge is 0.306 e. The maximum absolute atomic E-state index is 12.9. The lowest BCUT2D eigenvalue weighted by molar-refractivity contribution is -0.167. The second kappa shape index (κ2) is 66.4. The van der Waals surface area contributed by atoms with Crippen LogP contribution < -0.4 is 0 Å². The summed E-state index contributed by atoms with van der Waals surface area (Å²) < 4.78 is 16.9. The van der Waals surface area contributed by atoms with Gasteiger partial charge in [-0.3, -0.25) is 14.4 Å². The first-order valence-corrected chi connectivity index (χ1v) is 34.8. The third-order valence-corrected chi connectivity index (χ3v) is 15.9. The SMILES string of the molecule is CCC/C=C\CCCCCCCC(=O)OCC(COC(=O)CCCCCCCCCCCCCCCCCCCCCCCCCCCCCCCC)OC(=O)CCCCCCCCCCC/C=C\CCCCCCCC. The molecule has 0 aromatic carbocycles. The molecule has 1 atom stereocenters. The maximum atomic E-state index is 12.9. The summed E-state index contributed by atoms with van der Waals surface area (Å²) in [5.74, 6) is -0.857. The van der Waals surface area contributed by atoms with E-state index in [0.29, 0.717) is 19.3 Å². The molecule has 0 aliphatic heterocycles. The van der Waals surface area contributed by atoms with E-state index in [1.54, 1.807) is 0 Å². The molecule has 0 spiro atoms. The summed E-state index contributed by atoms with van der Waals surface area (Å²) in [5, 5.41) is 0.